The normalized spacial score (nSPS) is 13.2. The zero-order valence-corrected chi connectivity index (χ0v) is 15.3. The molecular formula is C18H22N2O4S. The number of benzene rings is 1. The van der Waals surface area contributed by atoms with Crippen LogP contribution in [0.4, 0.5) is 5.69 Å². The molecule has 0 radical (unpaired) electrons. The number of esters is 1. The third-order valence-electron chi connectivity index (χ3n) is 3.65. The van der Waals surface area contributed by atoms with E-state index >= 15 is 0 Å². The van der Waals surface area contributed by atoms with Gasteiger partial charge in [0.1, 0.15) is 6.54 Å². The molecule has 1 aromatic carbocycles. The number of anilines is 1. The van der Waals surface area contributed by atoms with Crippen molar-refractivity contribution in [1.82, 2.24) is 4.90 Å². The first-order chi connectivity index (χ1) is 11.9. The number of carbonyl (C=O) groups excluding carboxylic acids is 3. The number of hydrogen-bond acceptors (Lipinski definition) is 5. The van der Waals surface area contributed by atoms with Crippen molar-refractivity contribution in [3.8, 4) is 0 Å². The molecule has 0 fully saturated rings. The second-order valence-electron chi connectivity index (χ2n) is 5.76. The second-order valence-corrected chi connectivity index (χ2v) is 6.78. The Morgan fingerprint density at radius 1 is 1.36 bits per heavy atom. The van der Waals surface area contributed by atoms with E-state index in [1.165, 1.54) is 16.7 Å². The Kier molecular flexibility index (Phi) is 6.64. The summed E-state index contributed by atoms with van der Waals surface area (Å²) in [6.45, 7) is 7.88. The van der Waals surface area contributed by atoms with E-state index in [4.69, 9.17) is 4.74 Å². The van der Waals surface area contributed by atoms with E-state index in [1.807, 2.05) is 32.0 Å². The molecule has 134 valence electrons. The summed E-state index contributed by atoms with van der Waals surface area (Å²) in [6, 6.07) is 7.41. The van der Waals surface area contributed by atoms with Crippen molar-refractivity contribution in [2.24, 2.45) is 0 Å². The summed E-state index contributed by atoms with van der Waals surface area (Å²) in [5.41, 5.74) is 1.55. The van der Waals surface area contributed by atoms with Gasteiger partial charge in [0.15, 0.2) is 6.61 Å². The van der Waals surface area contributed by atoms with Crippen molar-refractivity contribution >= 4 is 35.2 Å². The average Bonchev–Trinajstić information content (AvgIpc) is 2.60. The summed E-state index contributed by atoms with van der Waals surface area (Å²) >= 11 is 1.45. The lowest BCUT2D eigenvalue weighted by Crippen LogP contribution is -2.41. The molecule has 0 N–H and O–H groups in total. The van der Waals surface area contributed by atoms with E-state index < -0.39 is 5.97 Å². The maximum absolute atomic E-state index is 12.1. The maximum atomic E-state index is 12.1. The maximum Gasteiger partial charge on any atom is 0.326 e. The van der Waals surface area contributed by atoms with Crippen molar-refractivity contribution in [3.05, 3.63) is 36.4 Å². The highest BCUT2D eigenvalue weighted by Gasteiger charge is 2.27. The molecule has 1 aromatic rings. The molecular weight excluding hydrogens is 340 g/mol. The quantitative estimate of drug-likeness (QED) is 0.549. The van der Waals surface area contributed by atoms with Crippen molar-refractivity contribution < 1.29 is 19.1 Å². The molecule has 0 aromatic heterocycles. The Balaban J connectivity index is 1.93. The van der Waals surface area contributed by atoms with Gasteiger partial charge in [0.05, 0.1) is 11.4 Å². The summed E-state index contributed by atoms with van der Waals surface area (Å²) in [7, 11) is 0. The van der Waals surface area contributed by atoms with Crippen LogP contribution in [0.1, 0.15) is 13.8 Å². The highest BCUT2D eigenvalue weighted by Crippen LogP contribution is 2.34. The van der Waals surface area contributed by atoms with E-state index in [2.05, 4.69) is 6.58 Å². The van der Waals surface area contributed by atoms with Crippen molar-refractivity contribution in [2.45, 2.75) is 18.7 Å². The second kappa shape index (κ2) is 8.71. The SMILES string of the molecule is C=C(C)CN(CC)C(=O)COC(=O)CN1C(=O)CSc2ccccc21. The smallest absolute Gasteiger partial charge is 0.326 e. The lowest BCUT2D eigenvalue weighted by atomic mass is 10.2. The molecule has 0 bridgehead atoms. The molecule has 0 aliphatic carbocycles. The zero-order valence-electron chi connectivity index (χ0n) is 14.5. The van der Waals surface area contributed by atoms with Gasteiger partial charge in [0.2, 0.25) is 5.91 Å². The van der Waals surface area contributed by atoms with Gasteiger partial charge in [-0.25, -0.2) is 0 Å². The van der Waals surface area contributed by atoms with Crippen LogP contribution in [-0.2, 0) is 19.1 Å². The Morgan fingerprint density at radius 2 is 2.08 bits per heavy atom. The van der Waals surface area contributed by atoms with E-state index in [0.717, 1.165) is 10.5 Å². The Labute approximate surface area is 151 Å². The van der Waals surface area contributed by atoms with Gasteiger partial charge in [-0.2, -0.15) is 0 Å². The van der Waals surface area contributed by atoms with Crippen molar-refractivity contribution in [1.29, 1.82) is 0 Å². The van der Waals surface area contributed by atoms with Gasteiger partial charge in [0, 0.05) is 18.0 Å². The third-order valence-corrected chi connectivity index (χ3v) is 4.69. The van der Waals surface area contributed by atoms with Crippen LogP contribution in [0.5, 0.6) is 0 Å². The molecule has 2 rings (SSSR count). The Bertz CT molecular complexity index is 689. The number of amides is 2. The zero-order chi connectivity index (χ0) is 18.4. The predicted octanol–water partition coefficient (Wildman–Crippen LogP) is 2.09. The number of nitrogens with zero attached hydrogens (tertiary/aromatic N) is 2. The van der Waals surface area contributed by atoms with Gasteiger partial charge in [-0.1, -0.05) is 24.3 Å². The van der Waals surface area contributed by atoms with Crippen LogP contribution in [0.3, 0.4) is 0 Å². The summed E-state index contributed by atoms with van der Waals surface area (Å²) in [5.74, 6) is -0.746. The number of likely N-dealkylation sites (N-methyl/N-ethyl adjacent to an activating group) is 1. The van der Waals surface area contributed by atoms with Crippen LogP contribution in [0.2, 0.25) is 0 Å². The highest BCUT2D eigenvalue weighted by molar-refractivity contribution is 8.00. The topological polar surface area (TPSA) is 66.9 Å². The minimum Gasteiger partial charge on any atom is -0.454 e. The lowest BCUT2D eigenvalue weighted by molar-refractivity contribution is -0.150. The van der Waals surface area contributed by atoms with Gasteiger partial charge >= 0.3 is 5.97 Å². The molecule has 6 nitrogen and oxygen atoms in total. The molecule has 1 heterocycles. The first kappa shape index (κ1) is 19.1. The molecule has 0 saturated heterocycles. The number of para-hydroxylation sites is 1. The summed E-state index contributed by atoms with van der Waals surface area (Å²) in [6.07, 6.45) is 0. The fourth-order valence-electron chi connectivity index (χ4n) is 2.44. The van der Waals surface area contributed by atoms with Crippen LogP contribution in [0.15, 0.2) is 41.3 Å². The fourth-order valence-corrected chi connectivity index (χ4v) is 3.37. The van der Waals surface area contributed by atoms with Gasteiger partial charge in [0.25, 0.3) is 5.91 Å². The van der Waals surface area contributed by atoms with Crippen molar-refractivity contribution in [3.63, 3.8) is 0 Å². The summed E-state index contributed by atoms with van der Waals surface area (Å²) in [4.78, 5) is 40.2. The molecule has 7 heteroatoms. The van der Waals surface area contributed by atoms with Crippen molar-refractivity contribution in [2.75, 3.05) is 36.9 Å². The minimum atomic E-state index is -0.602. The number of ether oxygens (including phenoxy) is 1. The van der Waals surface area contributed by atoms with Crippen LogP contribution in [0.25, 0.3) is 0 Å². The molecule has 1 aliphatic heterocycles. The third kappa shape index (κ3) is 5.09. The van der Waals surface area contributed by atoms with Gasteiger partial charge in [-0.05, 0) is 26.0 Å². The molecule has 0 unspecified atom stereocenters. The van der Waals surface area contributed by atoms with Crippen LogP contribution < -0.4 is 4.90 Å². The molecule has 25 heavy (non-hydrogen) atoms. The lowest BCUT2D eigenvalue weighted by Gasteiger charge is -2.28. The molecule has 2 amide bonds. The molecule has 0 atom stereocenters. The first-order valence-corrected chi connectivity index (χ1v) is 9.01. The number of hydrogen-bond donors (Lipinski definition) is 0. The number of rotatable bonds is 7. The van der Waals surface area contributed by atoms with E-state index in [9.17, 15) is 14.4 Å². The minimum absolute atomic E-state index is 0.149. The van der Waals surface area contributed by atoms with Gasteiger partial charge < -0.3 is 9.64 Å². The predicted molar refractivity (Wildman–Crippen MR) is 97.5 cm³/mol. The fraction of sp³-hybridized carbons (Fsp3) is 0.389. The van der Waals surface area contributed by atoms with Crippen LogP contribution >= 0.6 is 11.8 Å². The molecule has 1 aliphatic rings. The number of fused-ring (bicyclic) bond motifs is 1. The summed E-state index contributed by atoms with van der Waals surface area (Å²) < 4.78 is 5.07. The van der Waals surface area contributed by atoms with E-state index in [1.54, 1.807) is 11.0 Å². The van der Waals surface area contributed by atoms with Crippen LogP contribution in [-0.4, -0.2) is 54.7 Å². The largest absolute Gasteiger partial charge is 0.454 e. The Morgan fingerprint density at radius 3 is 2.76 bits per heavy atom. The highest BCUT2D eigenvalue weighted by atomic mass is 32.2. The van der Waals surface area contributed by atoms with Gasteiger partial charge in [-0.15, -0.1) is 11.8 Å². The molecule has 0 spiro atoms. The standard InChI is InChI=1S/C18H22N2O4S/c1-4-19(9-13(2)3)16(21)11-24-18(23)10-20-14-7-5-6-8-15(14)25-12-17(20)22/h5-8H,2,4,9-12H2,1,3H3. The van der Waals surface area contributed by atoms with Gasteiger partial charge in [-0.3, -0.25) is 19.3 Å². The average molecular weight is 362 g/mol. The number of thioether (sulfide) groups is 1. The monoisotopic (exact) mass is 362 g/mol. The first-order valence-electron chi connectivity index (χ1n) is 8.02. The van der Waals surface area contributed by atoms with E-state index in [-0.39, 0.29) is 30.7 Å². The Hall–Kier alpha value is -2.28. The summed E-state index contributed by atoms with van der Waals surface area (Å²) in [5, 5.41) is 0. The number of carbonyl (C=O) groups is 3. The van der Waals surface area contributed by atoms with Crippen LogP contribution in [0, 0.1) is 0 Å². The van der Waals surface area contributed by atoms with E-state index in [0.29, 0.717) is 18.8 Å². The molecule has 0 saturated carbocycles.